The van der Waals surface area contributed by atoms with Crippen LogP contribution >= 0.6 is 0 Å². The first-order valence-electron chi connectivity index (χ1n) is 17.4. The van der Waals surface area contributed by atoms with E-state index in [1.165, 1.54) is 89.5 Å². The van der Waals surface area contributed by atoms with Crippen LogP contribution in [0.3, 0.4) is 0 Å². The maximum absolute atomic E-state index is 12.5. The Kier molecular flexibility index (Phi) is 26.7. The number of nitrogens with one attached hydrogen (secondary N) is 1. The van der Waals surface area contributed by atoms with Crippen LogP contribution in [-0.2, 0) is 19.4 Å². The highest BCUT2D eigenvalue weighted by Gasteiger charge is 2.25. The third-order valence-corrected chi connectivity index (χ3v) is 8.37. The molecular weight excluding hydrogens is 566 g/mol. The summed E-state index contributed by atoms with van der Waals surface area (Å²) < 4.78 is 35.5. The van der Waals surface area contributed by atoms with Crippen LogP contribution in [0.1, 0.15) is 163 Å². The van der Waals surface area contributed by atoms with Crippen molar-refractivity contribution >= 4 is 16.3 Å². The lowest BCUT2D eigenvalue weighted by Gasteiger charge is -2.23. The van der Waals surface area contributed by atoms with E-state index in [1.54, 1.807) is 0 Å². The molecule has 0 aliphatic heterocycles. The van der Waals surface area contributed by atoms with Gasteiger partial charge in [-0.05, 0) is 31.1 Å². The van der Waals surface area contributed by atoms with E-state index in [-0.39, 0.29) is 6.42 Å². The number of aliphatic hydroxyl groups is 2. The number of amides is 1. The van der Waals surface area contributed by atoms with Crippen LogP contribution in [0, 0.1) is 11.8 Å². The molecule has 0 saturated heterocycles. The smallest absolute Gasteiger partial charge is 0.387 e. The van der Waals surface area contributed by atoms with E-state index < -0.39 is 41.2 Å². The van der Waals surface area contributed by atoms with Gasteiger partial charge in [-0.3, -0.25) is 9.35 Å². The van der Waals surface area contributed by atoms with E-state index >= 15 is 0 Å². The standard InChI is InChI=1S/C34H67NO7S/c1-29(2)24-20-16-12-8-6-5-7-9-14-18-22-26-32(36)31(28-42-43(39,40)41)35-34(38)33(37)27-23-19-15-11-10-13-17-21-25-30(3)4/h22,26,29-33,36-37H,5-21,23-25,27-28H2,1-4H3,(H,35,38)(H,39,40,41)/b26-22+/t31-,32+,33+/m0/s1. The molecule has 256 valence electrons. The van der Waals surface area contributed by atoms with Gasteiger partial charge in [0.05, 0.1) is 18.8 Å². The number of rotatable bonds is 30. The molecule has 43 heavy (non-hydrogen) atoms. The highest BCUT2D eigenvalue weighted by Crippen LogP contribution is 2.15. The van der Waals surface area contributed by atoms with Crippen molar-refractivity contribution in [2.24, 2.45) is 11.8 Å². The third-order valence-electron chi connectivity index (χ3n) is 7.93. The molecule has 0 rings (SSSR count). The predicted octanol–water partition coefficient (Wildman–Crippen LogP) is 8.07. The van der Waals surface area contributed by atoms with Crippen molar-refractivity contribution in [3.8, 4) is 0 Å². The van der Waals surface area contributed by atoms with Crippen molar-refractivity contribution in [1.29, 1.82) is 0 Å². The first-order chi connectivity index (χ1) is 20.4. The average Bonchev–Trinajstić information content (AvgIpc) is 2.93. The highest BCUT2D eigenvalue weighted by molar-refractivity contribution is 7.80. The molecule has 0 bridgehead atoms. The van der Waals surface area contributed by atoms with Crippen LogP contribution in [0.2, 0.25) is 0 Å². The van der Waals surface area contributed by atoms with Crippen molar-refractivity contribution in [3.63, 3.8) is 0 Å². The Morgan fingerprint density at radius 2 is 1.07 bits per heavy atom. The molecule has 0 spiro atoms. The van der Waals surface area contributed by atoms with Crippen molar-refractivity contribution in [1.82, 2.24) is 5.32 Å². The lowest BCUT2D eigenvalue weighted by molar-refractivity contribution is -0.131. The summed E-state index contributed by atoms with van der Waals surface area (Å²) in [4.78, 5) is 12.5. The van der Waals surface area contributed by atoms with Gasteiger partial charge in [0.25, 0.3) is 0 Å². The predicted molar refractivity (Wildman–Crippen MR) is 177 cm³/mol. The summed E-state index contributed by atoms with van der Waals surface area (Å²) in [5.41, 5.74) is 0. The van der Waals surface area contributed by atoms with Crippen molar-refractivity contribution in [2.75, 3.05) is 6.61 Å². The molecule has 0 aliphatic carbocycles. The van der Waals surface area contributed by atoms with Gasteiger partial charge in [-0.1, -0.05) is 155 Å². The zero-order chi connectivity index (χ0) is 32.3. The zero-order valence-electron chi connectivity index (χ0n) is 28.0. The Bertz CT molecular complexity index is 786. The van der Waals surface area contributed by atoms with Gasteiger partial charge in [0.2, 0.25) is 5.91 Å². The number of hydrogen-bond acceptors (Lipinski definition) is 6. The van der Waals surface area contributed by atoms with Gasteiger partial charge in [-0.25, -0.2) is 4.18 Å². The Hall–Kier alpha value is -1.00. The summed E-state index contributed by atoms with van der Waals surface area (Å²) in [6.07, 6.45) is 24.4. The monoisotopic (exact) mass is 633 g/mol. The van der Waals surface area contributed by atoms with Crippen molar-refractivity contribution < 1.29 is 32.2 Å². The topological polar surface area (TPSA) is 133 Å². The number of allylic oxidation sites excluding steroid dienone is 1. The molecule has 8 nitrogen and oxygen atoms in total. The largest absolute Gasteiger partial charge is 0.397 e. The number of hydrogen-bond donors (Lipinski definition) is 4. The highest BCUT2D eigenvalue weighted by atomic mass is 32.3. The number of carbonyl (C=O) groups is 1. The van der Waals surface area contributed by atoms with Crippen molar-refractivity contribution in [3.05, 3.63) is 12.2 Å². The normalized spacial score (nSPS) is 14.5. The maximum Gasteiger partial charge on any atom is 0.397 e. The molecule has 0 unspecified atom stereocenters. The summed E-state index contributed by atoms with van der Waals surface area (Å²) in [6.45, 7) is 8.41. The quantitative estimate of drug-likeness (QED) is 0.0357. The molecule has 0 fully saturated rings. The SMILES string of the molecule is CC(C)CCCCCCCCCCC/C=C/[C@@H](O)[C@H](COS(=O)(=O)O)NC(=O)[C@H](O)CCCCCCCCCCC(C)C. The third kappa shape index (κ3) is 29.5. The average molecular weight is 634 g/mol. The number of aliphatic hydroxyl groups excluding tert-OH is 2. The van der Waals surface area contributed by atoms with E-state index in [0.717, 1.165) is 50.4 Å². The Balaban J connectivity index is 4.25. The molecule has 0 aliphatic rings. The fourth-order valence-electron chi connectivity index (χ4n) is 5.17. The minimum atomic E-state index is -4.74. The molecule has 0 aromatic heterocycles. The molecule has 0 radical (unpaired) electrons. The van der Waals surface area contributed by atoms with E-state index in [0.29, 0.717) is 6.42 Å². The van der Waals surface area contributed by atoms with E-state index in [2.05, 4.69) is 37.2 Å². The molecule has 4 N–H and O–H groups in total. The summed E-state index contributed by atoms with van der Waals surface area (Å²) in [6, 6.07) is -1.13. The lowest BCUT2D eigenvalue weighted by atomic mass is 10.0. The Labute approximate surface area is 264 Å². The van der Waals surface area contributed by atoms with E-state index in [4.69, 9.17) is 4.55 Å². The van der Waals surface area contributed by atoms with Crippen LogP contribution in [0.5, 0.6) is 0 Å². The molecule has 9 heteroatoms. The summed E-state index contributed by atoms with van der Waals surface area (Å²) in [7, 11) is -4.74. The second-order valence-corrected chi connectivity index (χ2v) is 14.3. The fourth-order valence-corrected chi connectivity index (χ4v) is 5.49. The van der Waals surface area contributed by atoms with Gasteiger partial charge < -0.3 is 15.5 Å². The summed E-state index contributed by atoms with van der Waals surface area (Å²) in [5.74, 6) is 0.870. The molecule has 0 aromatic carbocycles. The molecular formula is C34H67NO7S. The van der Waals surface area contributed by atoms with Crippen molar-refractivity contribution in [2.45, 2.75) is 181 Å². The van der Waals surface area contributed by atoms with E-state index in [1.807, 2.05) is 6.08 Å². The summed E-state index contributed by atoms with van der Waals surface area (Å²) in [5, 5.41) is 23.4. The van der Waals surface area contributed by atoms with E-state index in [9.17, 15) is 23.4 Å². The van der Waals surface area contributed by atoms with Crippen LogP contribution in [0.4, 0.5) is 0 Å². The van der Waals surface area contributed by atoms with Gasteiger partial charge in [-0.15, -0.1) is 0 Å². The van der Waals surface area contributed by atoms with Gasteiger partial charge in [-0.2, -0.15) is 8.42 Å². The summed E-state index contributed by atoms with van der Waals surface area (Å²) >= 11 is 0. The van der Waals surface area contributed by atoms with Gasteiger partial charge >= 0.3 is 10.4 Å². The Morgan fingerprint density at radius 1 is 0.674 bits per heavy atom. The van der Waals surface area contributed by atoms with Gasteiger partial charge in [0.1, 0.15) is 6.10 Å². The second-order valence-electron chi connectivity index (χ2n) is 13.2. The number of unbranched alkanes of at least 4 members (excludes halogenated alkanes) is 16. The zero-order valence-corrected chi connectivity index (χ0v) is 28.8. The molecule has 1 amide bonds. The van der Waals surface area contributed by atoms with Crippen LogP contribution < -0.4 is 5.32 Å². The first kappa shape index (κ1) is 42.0. The fraction of sp³-hybridized carbons (Fsp3) is 0.912. The van der Waals surface area contributed by atoms with Gasteiger partial charge in [0.15, 0.2) is 0 Å². The molecule has 0 heterocycles. The van der Waals surface area contributed by atoms with Crippen LogP contribution in [-0.4, -0.2) is 53.9 Å². The number of carbonyl (C=O) groups excluding carboxylic acids is 1. The van der Waals surface area contributed by atoms with Crippen LogP contribution in [0.15, 0.2) is 12.2 Å². The molecule has 0 aromatic rings. The molecule has 0 saturated carbocycles. The Morgan fingerprint density at radius 3 is 1.49 bits per heavy atom. The second kappa shape index (κ2) is 27.3. The maximum atomic E-state index is 12.5. The minimum Gasteiger partial charge on any atom is -0.387 e. The first-order valence-corrected chi connectivity index (χ1v) is 18.7. The van der Waals surface area contributed by atoms with Crippen LogP contribution in [0.25, 0.3) is 0 Å². The minimum absolute atomic E-state index is 0.288. The lowest BCUT2D eigenvalue weighted by Crippen LogP contribution is -2.49. The molecule has 3 atom stereocenters. The van der Waals surface area contributed by atoms with Gasteiger partial charge in [0, 0.05) is 0 Å².